The second-order valence-electron chi connectivity index (χ2n) is 5.44. The van der Waals surface area contributed by atoms with Crippen LogP contribution in [0.2, 0.25) is 0 Å². The Balaban J connectivity index is 2.04. The zero-order chi connectivity index (χ0) is 14.3. The third kappa shape index (κ3) is 2.30. The molecule has 0 saturated carbocycles. The van der Waals surface area contributed by atoms with E-state index >= 15 is 0 Å². The maximum absolute atomic E-state index is 13.0. The van der Waals surface area contributed by atoms with Gasteiger partial charge in [0.2, 0.25) is 0 Å². The molecule has 1 aliphatic heterocycles. The van der Waals surface area contributed by atoms with Gasteiger partial charge >= 0.3 is 6.18 Å². The first-order valence-corrected chi connectivity index (χ1v) is 6.72. The van der Waals surface area contributed by atoms with Crippen LogP contribution in [-0.2, 0) is 6.18 Å². The molecule has 0 bridgehead atoms. The van der Waals surface area contributed by atoms with Crippen LogP contribution in [0.4, 0.5) is 13.2 Å². The zero-order valence-corrected chi connectivity index (χ0v) is 11.2. The van der Waals surface area contributed by atoms with Gasteiger partial charge in [0.25, 0.3) is 0 Å². The number of rotatable bonds is 1. The molecule has 0 aliphatic carbocycles. The van der Waals surface area contributed by atoms with Gasteiger partial charge in [0, 0.05) is 5.39 Å². The summed E-state index contributed by atoms with van der Waals surface area (Å²) in [4.78, 5) is 2.24. The van der Waals surface area contributed by atoms with Gasteiger partial charge in [-0.1, -0.05) is 6.07 Å². The summed E-state index contributed by atoms with van der Waals surface area (Å²) in [5.41, 5.74) is 0.693. The molecule has 0 atom stereocenters. The van der Waals surface area contributed by atoms with Crippen LogP contribution in [0.1, 0.15) is 29.9 Å². The van der Waals surface area contributed by atoms with Gasteiger partial charge in [0.05, 0.1) is 11.8 Å². The van der Waals surface area contributed by atoms with Crippen molar-refractivity contribution in [3.8, 4) is 0 Å². The molecule has 0 spiro atoms. The molecule has 1 aromatic carbocycles. The minimum Gasteiger partial charge on any atom is -0.464 e. The van der Waals surface area contributed by atoms with E-state index in [2.05, 4.69) is 11.9 Å². The molecule has 0 unspecified atom stereocenters. The van der Waals surface area contributed by atoms with Gasteiger partial charge in [-0.15, -0.1) is 0 Å². The second kappa shape index (κ2) is 4.81. The molecule has 3 rings (SSSR count). The van der Waals surface area contributed by atoms with Crippen molar-refractivity contribution in [2.75, 3.05) is 20.1 Å². The van der Waals surface area contributed by atoms with Gasteiger partial charge in [-0.05, 0) is 56.6 Å². The lowest BCUT2D eigenvalue weighted by Gasteiger charge is -2.29. The van der Waals surface area contributed by atoms with Crippen molar-refractivity contribution in [1.29, 1.82) is 0 Å². The van der Waals surface area contributed by atoms with Crippen molar-refractivity contribution in [1.82, 2.24) is 4.90 Å². The Bertz CT molecular complexity index is 609. The minimum absolute atomic E-state index is 0.175. The van der Waals surface area contributed by atoms with Crippen molar-refractivity contribution in [3.05, 3.63) is 35.6 Å². The Hall–Kier alpha value is -1.49. The van der Waals surface area contributed by atoms with Crippen LogP contribution in [0.3, 0.4) is 0 Å². The lowest BCUT2D eigenvalue weighted by Crippen LogP contribution is -2.29. The van der Waals surface area contributed by atoms with Gasteiger partial charge in [0.1, 0.15) is 5.58 Å². The van der Waals surface area contributed by atoms with Gasteiger partial charge in [0.15, 0.2) is 0 Å². The number of alkyl halides is 3. The topological polar surface area (TPSA) is 16.4 Å². The van der Waals surface area contributed by atoms with Gasteiger partial charge in [-0.25, -0.2) is 0 Å². The summed E-state index contributed by atoms with van der Waals surface area (Å²) >= 11 is 0. The van der Waals surface area contributed by atoms with E-state index in [0.29, 0.717) is 5.58 Å². The molecule has 1 saturated heterocycles. The number of likely N-dealkylation sites (tertiary alicyclic amines) is 1. The quantitative estimate of drug-likeness (QED) is 0.777. The second-order valence-corrected chi connectivity index (χ2v) is 5.44. The van der Waals surface area contributed by atoms with E-state index in [1.165, 1.54) is 18.4 Å². The fourth-order valence-electron chi connectivity index (χ4n) is 2.97. The van der Waals surface area contributed by atoms with Gasteiger partial charge in [-0.2, -0.15) is 13.2 Å². The molecule has 2 aromatic rings. The van der Waals surface area contributed by atoms with Crippen molar-refractivity contribution in [2.24, 2.45) is 0 Å². The van der Waals surface area contributed by atoms with Gasteiger partial charge in [-0.3, -0.25) is 0 Å². The average Bonchev–Trinajstić information content (AvgIpc) is 2.86. The van der Waals surface area contributed by atoms with E-state index in [9.17, 15) is 13.2 Å². The normalized spacial score (nSPS) is 18.8. The van der Waals surface area contributed by atoms with Gasteiger partial charge < -0.3 is 9.32 Å². The molecular formula is C15H16F3NO. The predicted molar refractivity (Wildman–Crippen MR) is 70.7 cm³/mol. The third-order valence-corrected chi connectivity index (χ3v) is 4.11. The van der Waals surface area contributed by atoms with Crippen molar-refractivity contribution in [2.45, 2.75) is 24.9 Å². The lowest BCUT2D eigenvalue weighted by molar-refractivity contribution is -0.136. The summed E-state index contributed by atoms with van der Waals surface area (Å²) in [6, 6.07) is 4.19. The van der Waals surface area contributed by atoms with Crippen LogP contribution < -0.4 is 0 Å². The summed E-state index contributed by atoms with van der Waals surface area (Å²) in [6.45, 7) is 1.93. The van der Waals surface area contributed by atoms with E-state index < -0.39 is 11.7 Å². The monoisotopic (exact) mass is 283 g/mol. The Morgan fingerprint density at radius 1 is 1.15 bits per heavy atom. The van der Waals surface area contributed by atoms with Crippen LogP contribution in [-0.4, -0.2) is 25.0 Å². The van der Waals surface area contributed by atoms with E-state index in [0.717, 1.165) is 31.5 Å². The summed E-state index contributed by atoms with van der Waals surface area (Å²) in [6.07, 6.45) is -1.08. The first-order valence-electron chi connectivity index (χ1n) is 6.72. The van der Waals surface area contributed by atoms with E-state index in [1.807, 2.05) is 0 Å². The van der Waals surface area contributed by atoms with E-state index in [-0.39, 0.29) is 11.3 Å². The highest BCUT2D eigenvalue weighted by atomic mass is 19.4. The highest BCUT2D eigenvalue weighted by molar-refractivity contribution is 5.85. The Kier molecular flexibility index (Phi) is 3.24. The van der Waals surface area contributed by atoms with Crippen LogP contribution in [0.15, 0.2) is 28.9 Å². The molecule has 1 aromatic heterocycles. The molecule has 2 heterocycles. The number of benzene rings is 1. The van der Waals surface area contributed by atoms with E-state index in [1.54, 1.807) is 6.07 Å². The molecule has 2 nitrogen and oxygen atoms in total. The lowest BCUT2D eigenvalue weighted by atomic mass is 9.88. The molecule has 20 heavy (non-hydrogen) atoms. The van der Waals surface area contributed by atoms with Crippen LogP contribution >= 0.6 is 0 Å². The maximum atomic E-state index is 13.0. The Morgan fingerprint density at radius 2 is 1.85 bits per heavy atom. The minimum atomic E-state index is -4.34. The molecule has 1 fully saturated rings. The maximum Gasteiger partial charge on any atom is 0.417 e. The summed E-state index contributed by atoms with van der Waals surface area (Å²) < 4.78 is 44.3. The number of fused-ring (bicyclic) bond motifs is 1. The van der Waals surface area contributed by atoms with Crippen LogP contribution in [0.25, 0.3) is 11.0 Å². The first kappa shape index (κ1) is 13.5. The summed E-state index contributed by atoms with van der Waals surface area (Å²) in [5.74, 6) is 0.280. The number of nitrogens with zero attached hydrogens (tertiary/aromatic N) is 1. The molecule has 0 N–H and O–H groups in total. The summed E-state index contributed by atoms with van der Waals surface area (Å²) in [7, 11) is 2.06. The number of halogens is 3. The fraction of sp³-hybridized carbons (Fsp3) is 0.467. The van der Waals surface area contributed by atoms with E-state index in [4.69, 9.17) is 4.42 Å². The predicted octanol–water partition coefficient (Wildman–Crippen LogP) is 4.26. The Labute approximate surface area is 115 Å². The zero-order valence-electron chi connectivity index (χ0n) is 11.2. The largest absolute Gasteiger partial charge is 0.464 e. The summed E-state index contributed by atoms with van der Waals surface area (Å²) in [5, 5.41) is 0.175. The third-order valence-electron chi connectivity index (χ3n) is 4.11. The van der Waals surface area contributed by atoms with Crippen LogP contribution in [0, 0.1) is 0 Å². The molecule has 5 heteroatoms. The standard InChI is InChI=1S/C15H16F3NO/c1-19-7-4-10(5-8-19)11-2-3-13(15(16,17)18)12-6-9-20-14(11)12/h2-3,6,9-10H,4-5,7-8H2,1H3. The molecule has 0 radical (unpaired) electrons. The van der Waals surface area contributed by atoms with Crippen molar-refractivity contribution < 1.29 is 17.6 Å². The SMILES string of the molecule is CN1CCC(c2ccc(C(F)(F)F)c3ccoc23)CC1. The number of hydrogen-bond acceptors (Lipinski definition) is 2. The Morgan fingerprint density at radius 3 is 2.50 bits per heavy atom. The highest BCUT2D eigenvalue weighted by Gasteiger charge is 2.34. The smallest absolute Gasteiger partial charge is 0.417 e. The number of hydrogen-bond donors (Lipinski definition) is 0. The number of piperidine rings is 1. The molecule has 108 valence electrons. The highest BCUT2D eigenvalue weighted by Crippen LogP contribution is 2.40. The molecular weight excluding hydrogens is 267 g/mol. The van der Waals surface area contributed by atoms with Crippen LogP contribution in [0.5, 0.6) is 0 Å². The van der Waals surface area contributed by atoms with Crippen molar-refractivity contribution in [3.63, 3.8) is 0 Å². The molecule has 1 aliphatic rings. The van der Waals surface area contributed by atoms with Crippen molar-refractivity contribution >= 4 is 11.0 Å². The number of furan rings is 1. The molecule has 0 amide bonds. The fourth-order valence-corrected chi connectivity index (χ4v) is 2.97. The first-order chi connectivity index (χ1) is 9.47. The average molecular weight is 283 g/mol.